The first kappa shape index (κ1) is 23.1. The fourth-order valence-corrected chi connectivity index (χ4v) is 5.19. The number of carbonyl (C=O) groups excluding carboxylic acids is 3. The Bertz CT molecular complexity index is 1180. The molecular weight excluding hydrogens is 471 g/mol. The molecule has 1 aromatic rings. The number of nitrogens with one attached hydrogen (secondary N) is 1. The van der Waals surface area contributed by atoms with Crippen LogP contribution in [0.3, 0.4) is 0 Å². The average molecular weight is 491 g/mol. The molecule has 1 aromatic carbocycles. The lowest BCUT2D eigenvalue weighted by atomic mass is 9.84. The lowest BCUT2D eigenvalue weighted by Gasteiger charge is -2.26. The van der Waals surface area contributed by atoms with Gasteiger partial charge in [-0.25, -0.2) is 9.59 Å². The quantitative estimate of drug-likeness (QED) is 0.635. The van der Waals surface area contributed by atoms with Crippen molar-refractivity contribution in [3.05, 3.63) is 50.2 Å². The molecule has 0 aromatic heterocycles. The van der Waals surface area contributed by atoms with Crippen LogP contribution in [-0.4, -0.2) is 43.6 Å². The fourth-order valence-electron chi connectivity index (χ4n) is 4.66. The highest BCUT2D eigenvalue weighted by Gasteiger charge is 2.64. The van der Waals surface area contributed by atoms with Crippen molar-refractivity contribution in [1.82, 2.24) is 5.32 Å². The van der Waals surface area contributed by atoms with Crippen LogP contribution >= 0.6 is 23.2 Å². The van der Waals surface area contributed by atoms with E-state index in [0.717, 1.165) is 46.3 Å². The van der Waals surface area contributed by atoms with Gasteiger partial charge in [-0.1, -0.05) is 42.5 Å². The van der Waals surface area contributed by atoms with E-state index in [-0.39, 0.29) is 44.2 Å². The average Bonchev–Trinajstić information content (AvgIpc) is 3.25. The van der Waals surface area contributed by atoms with Crippen molar-refractivity contribution in [2.75, 3.05) is 14.2 Å². The molecule has 1 unspecified atom stereocenters. The Labute approximate surface area is 200 Å². The van der Waals surface area contributed by atoms with Crippen molar-refractivity contribution in [2.45, 2.75) is 43.7 Å². The Hall–Kier alpha value is -3.02. The summed E-state index contributed by atoms with van der Waals surface area (Å²) < 4.78 is 15.9. The third kappa shape index (κ3) is 3.47. The van der Waals surface area contributed by atoms with Crippen LogP contribution in [0.2, 0.25) is 10.0 Å². The van der Waals surface area contributed by atoms with E-state index >= 15 is 0 Å². The van der Waals surface area contributed by atoms with Gasteiger partial charge in [-0.2, -0.15) is 5.26 Å². The molecule has 0 saturated heterocycles. The molecule has 0 amide bonds. The number of carbonyl (C=O) groups is 3. The van der Waals surface area contributed by atoms with Crippen molar-refractivity contribution >= 4 is 40.9 Å². The highest BCUT2D eigenvalue weighted by Crippen LogP contribution is 2.53. The van der Waals surface area contributed by atoms with E-state index in [4.69, 9.17) is 37.4 Å². The van der Waals surface area contributed by atoms with E-state index in [0.29, 0.717) is 0 Å². The number of halogens is 2. The minimum atomic E-state index is -2.25. The number of nitriles is 1. The van der Waals surface area contributed by atoms with Crippen LogP contribution in [0.25, 0.3) is 0 Å². The van der Waals surface area contributed by atoms with E-state index in [2.05, 4.69) is 5.32 Å². The Morgan fingerprint density at radius 3 is 2.42 bits per heavy atom. The number of Topliss-reactive ketones (excluding diaryl/α,β-unsaturated/α-hetero) is 1. The highest BCUT2D eigenvalue weighted by atomic mass is 35.5. The summed E-state index contributed by atoms with van der Waals surface area (Å²) in [6.07, 6.45) is 4.61. The van der Waals surface area contributed by atoms with E-state index in [1.165, 1.54) is 12.1 Å². The molecule has 1 heterocycles. The number of fused-ring (bicyclic) bond motifs is 1. The molecule has 172 valence electrons. The summed E-state index contributed by atoms with van der Waals surface area (Å²) in [6.45, 7) is 0. The summed E-state index contributed by atoms with van der Waals surface area (Å²) in [5, 5.41) is 13.6. The maximum absolute atomic E-state index is 13.8. The molecule has 1 spiro atoms. The monoisotopic (exact) mass is 490 g/mol. The Morgan fingerprint density at radius 1 is 1.15 bits per heavy atom. The molecule has 2 aliphatic carbocycles. The number of ketones is 1. The molecule has 4 rings (SSSR count). The number of methoxy groups -OCH3 is 2. The molecule has 0 bridgehead atoms. The van der Waals surface area contributed by atoms with Gasteiger partial charge in [0.15, 0.2) is 5.75 Å². The second kappa shape index (κ2) is 8.73. The lowest BCUT2D eigenvalue weighted by Crippen LogP contribution is -2.45. The summed E-state index contributed by atoms with van der Waals surface area (Å²) in [6, 6.07) is 4.64. The normalized spacial score (nSPS) is 22.2. The SMILES string of the molecule is COC(=O)C1=C(C(=O)OC)C2(Oc3c(Cl)cc(Cl)cc3C2=O)C(C#N)=C1NC1CCCCC1. The molecule has 1 fully saturated rings. The predicted octanol–water partition coefficient (Wildman–Crippen LogP) is 3.66. The van der Waals surface area contributed by atoms with Gasteiger partial charge in [0.1, 0.15) is 17.2 Å². The van der Waals surface area contributed by atoms with Gasteiger partial charge in [0.05, 0.1) is 36.1 Å². The molecule has 10 heteroatoms. The Kier molecular flexibility index (Phi) is 6.12. The van der Waals surface area contributed by atoms with Gasteiger partial charge in [-0.3, -0.25) is 4.79 Å². The van der Waals surface area contributed by atoms with Crippen molar-refractivity contribution in [3.63, 3.8) is 0 Å². The summed E-state index contributed by atoms with van der Waals surface area (Å²) in [7, 11) is 2.25. The zero-order valence-corrected chi connectivity index (χ0v) is 19.4. The van der Waals surface area contributed by atoms with Crippen LogP contribution in [-0.2, 0) is 19.1 Å². The van der Waals surface area contributed by atoms with Crippen LogP contribution in [0.15, 0.2) is 34.5 Å². The molecule has 1 saturated carbocycles. The number of hydrogen-bond donors (Lipinski definition) is 1. The number of esters is 2. The molecular formula is C23H20Cl2N2O6. The first-order chi connectivity index (χ1) is 15.8. The summed E-state index contributed by atoms with van der Waals surface area (Å²) in [4.78, 5) is 39.7. The summed E-state index contributed by atoms with van der Waals surface area (Å²) in [5.41, 5.74) is -3.17. The first-order valence-electron chi connectivity index (χ1n) is 10.4. The number of nitrogens with zero attached hydrogens (tertiary/aromatic N) is 1. The molecule has 1 atom stereocenters. The van der Waals surface area contributed by atoms with Crippen LogP contribution in [0.4, 0.5) is 0 Å². The molecule has 3 aliphatic rings. The van der Waals surface area contributed by atoms with E-state index < -0.39 is 28.9 Å². The molecule has 0 radical (unpaired) electrons. The first-order valence-corrected chi connectivity index (χ1v) is 11.1. The van der Waals surface area contributed by atoms with Crippen molar-refractivity contribution in [2.24, 2.45) is 0 Å². The zero-order chi connectivity index (χ0) is 23.9. The van der Waals surface area contributed by atoms with Crippen molar-refractivity contribution in [1.29, 1.82) is 5.26 Å². The molecule has 8 nitrogen and oxygen atoms in total. The van der Waals surface area contributed by atoms with E-state index in [9.17, 15) is 19.6 Å². The second-order valence-electron chi connectivity index (χ2n) is 7.95. The molecule has 1 N–H and O–H groups in total. The minimum Gasteiger partial charge on any atom is -0.466 e. The smallest absolute Gasteiger partial charge is 0.340 e. The standard InChI is InChI=1S/C23H20Cl2N2O6/c1-31-21(29)16-17(22(30)32-2)23(14(10-26)18(16)27-12-6-4-3-5-7-12)20(28)13-8-11(24)9-15(25)19(13)33-23/h8-9,12,27H,3-7H2,1-2H3. The number of rotatable bonds is 4. The fraction of sp³-hybridized carbons (Fsp3) is 0.391. The van der Waals surface area contributed by atoms with Crippen molar-refractivity contribution < 1.29 is 28.6 Å². The highest BCUT2D eigenvalue weighted by molar-refractivity contribution is 6.37. The van der Waals surface area contributed by atoms with E-state index in [1.807, 2.05) is 6.07 Å². The maximum Gasteiger partial charge on any atom is 0.340 e. The van der Waals surface area contributed by atoms with Crippen LogP contribution in [0, 0.1) is 11.3 Å². The second-order valence-corrected chi connectivity index (χ2v) is 8.79. The molecule has 1 aliphatic heterocycles. The zero-order valence-electron chi connectivity index (χ0n) is 17.9. The Morgan fingerprint density at radius 2 is 1.82 bits per heavy atom. The van der Waals surface area contributed by atoms with Gasteiger partial charge in [0.25, 0.3) is 0 Å². The van der Waals surface area contributed by atoms with Crippen molar-refractivity contribution in [3.8, 4) is 11.8 Å². The van der Waals surface area contributed by atoms with Gasteiger partial charge in [-0.05, 0) is 25.0 Å². The minimum absolute atomic E-state index is 0.00946. The maximum atomic E-state index is 13.8. The number of hydrogen-bond acceptors (Lipinski definition) is 8. The van der Waals surface area contributed by atoms with Crippen LogP contribution < -0.4 is 10.1 Å². The van der Waals surface area contributed by atoms with Crippen LogP contribution in [0.5, 0.6) is 5.75 Å². The predicted molar refractivity (Wildman–Crippen MR) is 118 cm³/mol. The summed E-state index contributed by atoms with van der Waals surface area (Å²) in [5.74, 6) is -2.70. The molecule has 33 heavy (non-hydrogen) atoms. The van der Waals surface area contributed by atoms with Gasteiger partial charge in [0.2, 0.25) is 11.4 Å². The summed E-state index contributed by atoms with van der Waals surface area (Å²) >= 11 is 12.4. The third-order valence-corrected chi connectivity index (χ3v) is 6.63. The van der Waals surface area contributed by atoms with Crippen LogP contribution in [0.1, 0.15) is 42.5 Å². The van der Waals surface area contributed by atoms with Gasteiger partial charge < -0.3 is 19.5 Å². The third-order valence-electron chi connectivity index (χ3n) is 6.13. The number of benzene rings is 1. The van der Waals surface area contributed by atoms with E-state index in [1.54, 1.807) is 0 Å². The largest absolute Gasteiger partial charge is 0.466 e. The number of ether oxygens (including phenoxy) is 3. The van der Waals surface area contributed by atoms with Gasteiger partial charge in [0, 0.05) is 11.1 Å². The Balaban J connectivity index is 2.00. The topological polar surface area (TPSA) is 115 Å². The van der Waals surface area contributed by atoms with Gasteiger partial charge >= 0.3 is 11.9 Å². The van der Waals surface area contributed by atoms with Gasteiger partial charge in [-0.15, -0.1) is 0 Å². The lowest BCUT2D eigenvalue weighted by molar-refractivity contribution is -0.140.